The first-order valence-electron chi connectivity index (χ1n) is 10.4. The lowest BCUT2D eigenvalue weighted by Gasteiger charge is -2.18. The van der Waals surface area contributed by atoms with Crippen molar-refractivity contribution >= 4 is 23.5 Å². The fourth-order valence-corrected chi connectivity index (χ4v) is 3.55. The Labute approximate surface area is 203 Å². The highest BCUT2D eigenvalue weighted by molar-refractivity contribution is 6.30. The van der Waals surface area contributed by atoms with E-state index in [0.29, 0.717) is 22.1 Å². The summed E-state index contributed by atoms with van der Waals surface area (Å²) < 4.78 is 20.8. The summed E-state index contributed by atoms with van der Waals surface area (Å²) in [5, 5.41) is 15.1. The zero-order chi connectivity index (χ0) is 24.9. The van der Waals surface area contributed by atoms with Gasteiger partial charge in [-0.05, 0) is 54.1 Å². The van der Waals surface area contributed by atoms with Gasteiger partial charge in [-0.2, -0.15) is 0 Å². The number of aromatic amines is 1. The third-order valence-electron chi connectivity index (χ3n) is 5.05. The van der Waals surface area contributed by atoms with Gasteiger partial charge in [0.25, 0.3) is 11.5 Å². The summed E-state index contributed by atoms with van der Waals surface area (Å²) in [5.41, 5.74) is -0.371. The van der Waals surface area contributed by atoms with Crippen molar-refractivity contribution in [1.29, 1.82) is 0 Å². The second-order valence-electron chi connectivity index (χ2n) is 7.55. The molecular formula is C25H19ClFN3O5. The number of ether oxygens (including phenoxy) is 1. The molecule has 0 aliphatic carbocycles. The number of halogens is 2. The van der Waals surface area contributed by atoms with Crippen LogP contribution in [-0.4, -0.2) is 26.8 Å². The third kappa shape index (κ3) is 5.77. The number of carbonyl (C=O) groups excluding carboxylic acids is 1. The average Bonchev–Trinajstić information content (AvgIpc) is 3.22. The summed E-state index contributed by atoms with van der Waals surface area (Å²) in [6, 6.07) is 19.0. The van der Waals surface area contributed by atoms with Crippen LogP contribution in [0.4, 0.5) is 4.39 Å². The summed E-state index contributed by atoms with van der Waals surface area (Å²) in [4.78, 5) is 36.7. The summed E-state index contributed by atoms with van der Waals surface area (Å²) in [6.07, 6.45) is -0.422. The Morgan fingerprint density at radius 3 is 2.49 bits per heavy atom. The molecule has 0 saturated heterocycles. The van der Waals surface area contributed by atoms with Crippen LogP contribution >= 0.6 is 11.6 Å². The number of hydrogen-bond acceptors (Lipinski definition) is 4. The lowest BCUT2D eigenvalue weighted by Crippen LogP contribution is -2.30. The molecule has 0 aliphatic heterocycles. The van der Waals surface area contributed by atoms with E-state index in [9.17, 15) is 23.9 Å². The minimum absolute atomic E-state index is 0.0503. The van der Waals surface area contributed by atoms with E-state index in [1.54, 1.807) is 54.6 Å². The number of carboxylic acid groups (broad SMARTS) is 1. The zero-order valence-electron chi connectivity index (χ0n) is 18.1. The molecule has 1 aromatic heterocycles. The van der Waals surface area contributed by atoms with Gasteiger partial charge in [-0.15, -0.1) is 0 Å². The standard InChI is InChI=1S/C25H19ClFN3O5/c26-16-8-10-17(11-9-16)35-18-5-3-4-15(12-18)20(14-24(32)33)28-25(34)21-13-23(31)30(29-21)22-7-2-1-6-19(22)27/h1-13,20,29H,14H2,(H,28,34)(H,32,33). The lowest BCUT2D eigenvalue weighted by atomic mass is 10.0. The topological polar surface area (TPSA) is 113 Å². The number of benzene rings is 3. The van der Waals surface area contributed by atoms with Crippen molar-refractivity contribution in [3.05, 3.63) is 111 Å². The number of amides is 1. The normalized spacial score (nSPS) is 11.6. The Kier molecular flexibility index (Phi) is 6.98. The molecule has 3 aromatic carbocycles. The predicted octanol–water partition coefficient (Wildman–Crippen LogP) is 4.70. The maximum absolute atomic E-state index is 14.1. The number of aromatic nitrogens is 2. The summed E-state index contributed by atoms with van der Waals surface area (Å²) in [7, 11) is 0. The van der Waals surface area contributed by atoms with Crippen molar-refractivity contribution in [2.24, 2.45) is 0 Å². The molecule has 0 bridgehead atoms. The van der Waals surface area contributed by atoms with Gasteiger partial charge < -0.3 is 15.2 Å². The van der Waals surface area contributed by atoms with Crippen molar-refractivity contribution in [1.82, 2.24) is 15.1 Å². The van der Waals surface area contributed by atoms with Crippen molar-refractivity contribution < 1.29 is 23.8 Å². The van der Waals surface area contributed by atoms with Crippen LogP contribution in [0.1, 0.15) is 28.5 Å². The molecule has 178 valence electrons. The number of nitrogens with zero attached hydrogens (tertiary/aromatic N) is 1. The van der Waals surface area contributed by atoms with Crippen LogP contribution in [-0.2, 0) is 4.79 Å². The van der Waals surface area contributed by atoms with Crippen LogP contribution in [0.25, 0.3) is 5.69 Å². The Morgan fingerprint density at radius 2 is 1.77 bits per heavy atom. The number of aliphatic carboxylic acids is 1. The van der Waals surface area contributed by atoms with Crippen molar-refractivity contribution in [2.75, 3.05) is 0 Å². The second-order valence-corrected chi connectivity index (χ2v) is 7.98. The van der Waals surface area contributed by atoms with Gasteiger partial charge in [-0.3, -0.25) is 19.5 Å². The van der Waals surface area contributed by atoms with Gasteiger partial charge in [0.2, 0.25) is 0 Å². The average molecular weight is 496 g/mol. The Bertz CT molecular complexity index is 1430. The van der Waals surface area contributed by atoms with Gasteiger partial charge in [0.05, 0.1) is 12.5 Å². The van der Waals surface area contributed by atoms with E-state index >= 15 is 0 Å². The Balaban J connectivity index is 1.57. The molecule has 0 saturated carbocycles. The van der Waals surface area contributed by atoms with E-state index in [4.69, 9.17) is 16.3 Å². The van der Waals surface area contributed by atoms with Gasteiger partial charge in [-0.1, -0.05) is 35.9 Å². The first-order chi connectivity index (χ1) is 16.8. The summed E-state index contributed by atoms with van der Waals surface area (Å²) in [5.74, 6) is -1.57. The molecule has 1 atom stereocenters. The Morgan fingerprint density at radius 1 is 1.03 bits per heavy atom. The second kappa shape index (κ2) is 10.3. The van der Waals surface area contributed by atoms with Crippen LogP contribution in [0.2, 0.25) is 5.02 Å². The number of carboxylic acids is 1. The monoisotopic (exact) mass is 495 g/mol. The Hall–Kier alpha value is -4.37. The highest BCUT2D eigenvalue weighted by Gasteiger charge is 2.22. The first kappa shape index (κ1) is 23.8. The van der Waals surface area contributed by atoms with Crippen LogP contribution in [0.3, 0.4) is 0 Å². The molecule has 1 amide bonds. The molecule has 4 rings (SSSR count). The molecular weight excluding hydrogens is 477 g/mol. The molecule has 3 N–H and O–H groups in total. The molecule has 0 spiro atoms. The van der Waals surface area contributed by atoms with Gasteiger partial charge in [0.15, 0.2) is 0 Å². The predicted molar refractivity (Wildman–Crippen MR) is 127 cm³/mol. The molecule has 10 heteroatoms. The fourth-order valence-electron chi connectivity index (χ4n) is 3.42. The van der Waals surface area contributed by atoms with E-state index in [1.165, 1.54) is 18.2 Å². The van der Waals surface area contributed by atoms with E-state index in [1.807, 2.05) is 0 Å². The maximum atomic E-state index is 14.1. The van der Waals surface area contributed by atoms with Gasteiger partial charge >= 0.3 is 5.97 Å². The zero-order valence-corrected chi connectivity index (χ0v) is 18.8. The minimum Gasteiger partial charge on any atom is -0.481 e. The van der Waals surface area contributed by atoms with Crippen LogP contribution < -0.4 is 15.6 Å². The van der Waals surface area contributed by atoms with Crippen LogP contribution in [0.15, 0.2) is 83.7 Å². The van der Waals surface area contributed by atoms with Crippen LogP contribution in [0.5, 0.6) is 11.5 Å². The fraction of sp³-hybridized carbons (Fsp3) is 0.0800. The molecule has 8 nitrogen and oxygen atoms in total. The number of rotatable bonds is 8. The number of carbonyl (C=O) groups is 2. The minimum atomic E-state index is -1.14. The van der Waals surface area contributed by atoms with Gasteiger partial charge in [0.1, 0.15) is 28.7 Å². The molecule has 1 unspecified atom stereocenters. The molecule has 0 aliphatic rings. The van der Waals surface area contributed by atoms with E-state index in [-0.39, 0.29) is 11.4 Å². The number of nitrogens with one attached hydrogen (secondary N) is 2. The first-order valence-corrected chi connectivity index (χ1v) is 10.8. The van der Waals surface area contributed by atoms with E-state index < -0.39 is 35.7 Å². The van der Waals surface area contributed by atoms with E-state index in [0.717, 1.165) is 10.7 Å². The molecule has 0 fully saturated rings. The largest absolute Gasteiger partial charge is 0.481 e. The van der Waals surface area contributed by atoms with E-state index in [2.05, 4.69) is 10.4 Å². The van der Waals surface area contributed by atoms with Crippen molar-refractivity contribution in [3.8, 4) is 17.2 Å². The van der Waals surface area contributed by atoms with Crippen molar-refractivity contribution in [2.45, 2.75) is 12.5 Å². The SMILES string of the molecule is O=C(O)CC(NC(=O)c1cc(=O)n(-c2ccccc2F)[nH]1)c1cccc(Oc2ccc(Cl)cc2)c1. The van der Waals surface area contributed by atoms with Crippen LogP contribution in [0, 0.1) is 5.82 Å². The summed E-state index contributed by atoms with van der Waals surface area (Å²) in [6.45, 7) is 0. The molecule has 35 heavy (non-hydrogen) atoms. The summed E-state index contributed by atoms with van der Waals surface area (Å²) >= 11 is 5.89. The third-order valence-corrected chi connectivity index (χ3v) is 5.30. The number of hydrogen-bond donors (Lipinski definition) is 3. The molecule has 4 aromatic rings. The number of H-pyrrole nitrogens is 1. The smallest absolute Gasteiger partial charge is 0.305 e. The lowest BCUT2D eigenvalue weighted by molar-refractivity contribution is -0.137. The number of para-hydroxylation sites is 1. The van der Waals surface area contributed by atoms with Gasteiger partial charge in [0, 0.05) is 11.1 Å². The quantitative estimate of drug-likeness (QED) is 0.328. The van der Waals surface area contributed by atoms with Gasteiger partial charge in [-0.25, -0.2) is 9.07 Å². The molecule has 0 radical (unpaired) electrons. The molecule has 1 heterocycles. The van der Waals surface area contributed by atoms with Crippen molar-refractivity contribution in [3.63, 3.8) is 0 Å². The highest BCUT2D eigenvalue weighted by Crippen LogP contribution is 2.27. The maximum Gasteiger partial charge on any atom is 0.305 e. The highest BCUT2D eigenvalue weighted by atomic mass is 35.5.